The minimum atomic E-state index is -1.09. The zero-order chi connectivity index (χ0) is 16.9. The molecule has 0 aromatic heterocycles. The molecule has 0 saturated heterocycles. The van der Waals surface area contributed by atoms with Crippen molar-refractivity contribution in [3.05, 3.63) is 29.6 Å². The quantitative estimate of drug-likeness (QED) is 0.721. The van der Waals surface area contributed by atoms with Crippen molar-refractivity contribution < 1.29 is 23.8 Å². The number of carboxylic acid groups (broad SMARTS) is 1. The first-order valence-corrected chi connectivity index (χ1v) is 7.86. The fourth-order valence-corrected chi connectivity index (χ4v) is 2.80. The average molecular weight is 323 g/mol. The number of benzene rings is 1. The highest BCUT2D eigenvalue weighted by Gasteiger charge is 2.43. The maximum Gasteiger partial charge on any atom is 0.307 e. The van der Waals surface area contributed by atoms with Crippen molar-refractivity contribution in [2.45, 2.75) is 39.0 Å². The average Bonchev–Trinajstić information content (AvgIpc) is 2.44. The van der Waals surface area contributed by atoms with Crippen LogP contribution in [0.5, 0.6) is 0 Å². The number of aliphatic carboxylic acids is 1. The Labute approximate surface area is 134 Å². The molecule has 1 aromatic rings. The van der Waals surface area contributed by atoms with Crippen LogP contribution >= 0.6 is 0 Å². The van der Waals surface area contributed by atoms with Crippen LogP contribution in [-0.2, 0) is 20.7 Å². The van der Waals surface area contributed by atoms with Gasteiger partial charge in [-0.3, -0.25) is 9.59 Å². The number of nitrogens with one attached hydrogen (secondary N) is 1. The minimum absolute atomic E-state index is 0.102. The van der Waals surface area contributed by atoms with Crippen molar-refractivity contribution in [1.29, 1.82) is 0 Å². The number of carboxylic acids is 1. The predicted molar refractivity (Wildman–Crippen MR) is 83.8 cm³/mol. The molecule has 1 aromatic carbocycles. The van der Waals surface area contributed by atoms with Crippen LogP contribution in [-0.4, -0.2) is 30.2 Å². The van der Waals surface area contributed by atoms with Gasteiger partial charge in [-0.15, -0.1) is 0 Å². The topological polar surface area (TPSA) is 75.6 Å². The number of carbonyl (C=O) groups is 2. The molecule has 0 unspecified atom stereocenters. The van der Waals surface area contributed by atoms with Crippen molar-refractivity contribution in [1.82, 2.24) is 0 Å². The molecular weight excluding hydrogens is 301 g/mol. The van der Waals surface area contributed by atoms with Gasteiger partial charge in [0.15, 0.2) is 0 Å². The Bertz CT molecular complexity index is 584. The van der Waals surface area contributed by atoms with Gasteiger partial charge in [-0.1, -0.05) is 12.5 Å². The SMILES string of the molecule is CCOCCC1(C(=O)Nc2ccc(CC(=O)O)c(F)c2)CCC1. The van der Waals surface area contributed by atoms with Crippen molar-refractivity contribution in [3.63, 3.8) is 0 Å². The number of rotatable bonds is 8. The van der Waals surface area contributed by atoms with E-state index in [9.17, 15) is 14.0 Å². The molecule has 0 bridgehead atoms. The Morgan fingerprint density at radius 1 is 1.39 bits per heavy atom. The third-order valence-electron chi connectivity index (χ3n) is 4.37. The van der Waals surface area contributed by atoms with E-state index in [2.05, 4.69) is 5.32 Å². The summed E-state index contributed by atoms with van der Waals surface area (Å²) in [6, 6.07) is 4.10. The van der Waals surface area contributed by atoms with E-state index in [-0.39, 0.29) is 17.9 Å². The summed E-state index contributed by atoms with van der Waals surface area (Å²) >= 11 is 0. The molecular formula is C17H22FNO4. The summed E-state index contributed by atoms with van der Waals surface area (Å²) in [6.45, 7) is 3.07. The van der Waals surface area contributed by atoms with Crippen molar-refractivity contribution in [2.24, 2.45) is 5.41 Å². The highest BCUT2D eigenvalue weighted by molar-refractivity contribution is 5.96. The van der Waals surface area contributed by atoms with Gasteiger partial charge in [0.05, 0.1) is 11.8 Å². The number of anilines is 1. The molecule has 0 spiro atoms. The number of amides is 1. The molecule has 1 aliphatic rings. The van der Waals surface area contributed by atoms with E-state index in [1.165, 1.54) is 18.2 Å². The molecule has 2 rings (SSSR count). The largest absolute Gasteiger partial charge is 0.481 e. The van der Waals surface area contributed by atoms with E-state index in [4.69, 9.17) is 9.84 Å². The van der Waals surface area contributed by atoms with E-state index in [0.717, 1.165) is 19.3 Å². The Hall–Kier alpha value is -1.95. The molecule has 126 valence electrons. The van der Waals surface area contributed by atoms with Gasteiger partial charge in [-0.2, -0.15) is 0 Å². The summed E-state index contributed by atoms with van der Waals surface area (Å²) in [5.74, 6) is -1.83. The van der Waals surface area contributed by atoms with Gasteiger partial charge in [0.2, 0.25) is 5.91 Å². The van der Waals surface area contributed by atoms with Crippen LogP contribution in [0.15, 0.2) is 18.2 Å². The van der Waals surface area contributed by atoms with Gasteiger partial charge in [0.1, 0.15) is 5.82 Å². The van der Waals surface area contributed by atoms with E-state index in [1.807, 2.05) is 6.92 Å². The predicted octanol–water partition coefficient (Wildman–Crippen LogP) is 2.99. The van der Waals surface area contributed by atoms with Crippen LogP contribution in [0.25, 0.3) is 0 Å². The number of hydrogen-bond donors (Lipinski definition) is 2. The summed E-state index contributed by atoms with van der Waals surface area (Å²) in [6.07, 6.45) is 2.91. The van der Waals surface area contributed by atoms with Crippen molar-refractivity contribution in [3.8, 4) is 0 Å². The molecule has 1 saturated carbocycles. The lowest BCUT2D eigenvalue weighted by Gasteiger charge is -2.40. The molecule has 1 amide bonds. The lowest BCUT2D eigenvalue weighted by atomic mass is 9.66. The van der Waals surface area contributed by atoms with E-state index in [1.54, 1.807) is 0 Å². The van der Waals surface area contributed by atoms with Gasteiger partial charge in [-0.05, 0) is 43.9 Å². The third-order valence-corrected chi connectivity index (χ3v) is 4.37. The summed E-state index contributed by atoms with van der Waals surface area (Å²) in [5.41, 5.74) is 0.0280. The molecule has 0 atom stereocenters. The normalized spacial score (nSPS) is 15.7. The standard InChI is InChI=1S/C17H22FNO4/c1-2-23-9-8-17(6-3-7-17)16(22)19-13-5-4-12(10-15(20)21)14(18)11-13/h4-5,11H,2-3,6-10H2,1H3,(H,19,22)(H,20,21). The molecule has 0 aliphatic heterocycles. The highest BCUT2D eigenvalue weighted by Crippen LogP contribution is 2.44. The Morgan fingerprint density at radius 3 is 2.65 bits per heavy atom. The van der Waals surface area contributed by atoms with E-state index >= 15 is 0 Å². The maximum absolute atomic E-state index is 13.9. The summed E-state index contributed by atoms with van der Waals surface area (Å²) in [4.78, 5) is 23.1. The van der Waals surface area contributed by atoms with Crippen molar-refractivity contribution in [2.75, 3.05) is 18.5 Å². The Balaban J connectivity index is 2.01. The van der Waals surface area contributed by atoms with Gasteiger partial charge in [0.25, 0.3) is 0 Å². The van der Waals surface area contributed by atoms with Crippen LogP contribution in [0.1, 0.15) is 38.2 Å². The van der Waals surface area contributed by atoms with Gasteiger partial charge >= 0.3 is 5.97 Å². The minimum Gasteiger partial charge on any atom is -0.481 e. The van der Waals surface area contributed by atoms with E-state index < -0.39 is 17.2 Å². The molecule has 0 heterocycles. The first-order chi connectivity index (χ1) is 11.0. The zero-order valence-electron chi connectivity index (χ0n) is 13.2. The van der Waals surface area contributed by atoms with Crippen LogP contribution in [0.3, 0.4) is 0 Å². The smallest absolute Gasteiger partial charge is 0.307 e. The van der Waals surface area contributed by atoms with Gasteiger partial charge in [0, 0.05) is 18.9 Å². The number of hydrogen-bond acceptors (Lipinski definition) is 3. The fourth-order valence-electron chi connectivity index (χ4n) is 2.80. The monoisotopic (exact) mass is 323 g/mol. The highest BCUT2D eigenvalue weighted by atomic mass is 19.1. The van der Waals surface area contributed by atoms with E-state index in [0.29, 0.717) is 25.3 Å². The van der Waals surface area contributed by atoms with Crippen LogP contribution in [0.4, 0.5) is 10.1 Å². The number of ether oxygens (including phenoxy) is 1. The van der Waals surface area contributed by atoms with Gasteiger partial charge in [-0.25, -0.2) is 4.39 Å². The zero-order valence-corrected chi connectivity index (χ0v) is 13.2. The second-order valence-corrected chi connectivity index (χ2v) is 5.91. The summed E-state index contributed by atoms with van der Waals surface area (Å²) in [7, 11) is 0. The number of halogens is 1. The summed E-state index contributed by atoms with van der Waals surface area (Å²) in [5, 5.41) is 11.5. The molecule has 6 heteroatoms. The van der Waals surface area contributed by atoms with Crippen molar-refractivity contribution >= 4 is 17.6 Å². The molecule has 0 radical (unpaired) electrons. The fraction of sp³-hybridized carbons (Fsp3) is 0.529. The first-order valence-electron chi connectivity index (χ1n) is 7.86. The molecule has 2 N–H and O–H groups in total. The second-order valence-electron chi connectivity index (χ2n) is 5.91. The maximum atomic E-state index is 13.9. The molecule has 5 nitrogen and oxygen atoms in total. The number of carbonyl (C=O) groups excluding carboxylic acids is 1. The van der Waals surface area contributed by atoms with Crippen LogP contribution < -0.4 is 5.32 Å². The molecule has 1 fully saturated rings. The third kappa shape index (κ3) is 4.28. The Morgan fingerprint density at radius 2 is 2.13 bits per heavy atom. The lowest BCUT2D eigenvalue weighted by molar-refractivity contribution is -0.136. The van der Waals surface area contributed by atoms with Gasteiger partial charge < -0.3 is 15.2 Å². The lowest BCUT2D eigenvalue weighted by Crippen LogP contribution is -2.42. The Kier molecular flexibility index (Phi) is 5.71. The summed E-state index contributed by atoms with van der Waals surface area (Å²) < 4.78 is 19.2. The molecule has 1 aliphatic carbocycles. The van der Waals surface area contributed by atoms with Crippen LogP contribution in [0, 0.1) is 11.2 Å². The van der Waals surface area contributed by atoms with Crippen LogP contribution in [0.2, 0.25) is 0 Å². The molecule has 23 heavy (non-hydrogen) atoms. The second kappa shape index (κ2) is 7.55. The first kappa shape index (κ1) is 17.4.